The van der Waals surface area contributed by atoms with Crippen molar-refractivity contribution in [3.05, 3.63) is 64.4 Å². The van der Waals surface area contributed by atoms with Gasteiger partial charge in [0.2, 0.25) is 5.91 Å². The van der Waals surface area contributed by atoms with Gasteiger partial charge in [-0.3, -0.25) is 9.59 Å². The molecule has 0 aliphatic heterocycles. The molecule has 2 aromatic carbocycles. The van der Waals surface area contributed by atoms with E-state index in [1.807, 2.05) is 24.3 Å². The molecule has 0 spiro atoms. The molecule has 0 bridgehead atoms. The molecular weight excluding hydrogens is 451 g/mol. The second kappa shape index (κ2) is 10.6. The quantitative estimate of drug-likeness (QED) is 0.612. The van der Waals surface area contributed by atoms with Crippen LogP contribution in [0.4, 0.5) is 4.39 Å². The zero-order valence-electron chi connectivity index (χ0n) is 16.9. The lowest BCUT2D eigenvalue weighted by atomic mass is 10.1. The van der Waals surface area contributed by atoms with Gasteiger partial charge >= 0.3 is 0 Å². The van der Waals surface area contributed by atoms with E-state index in [1.54, 1.807) is 6.92 Å². The zero-order valence-corrected chi connectivity index (χ0v) is 18.5. The highest BCUT2D eigenvalue weighted by atomic mass is 79.9. The maximum absolute atomic E-state index is 13.1. The number of benzene rings is 2. The van der Waals surface area contributed by atoms with Crippen molar-refractivity contribution in [2.75, 3.05) is 6.61 Å². The van der Waals surface area contributed by atoms with Crippen molar-refractivity contribution >= 4 is 27.7 Å². The average molecular weight is 477 g/mol. The van der Waals surface area contributed by atoms with Gasteiger partial charge in [-0.05, 0) is 61.7 Å². The second-order valence-electron chi connectivity index (χ2n) is 7.56. The lowest BCUT2D eigenvalue weighted by Gasteiger charge is -2.29. The van der Waals surface area contributed by atoms with E-state index in [4.69, 9.17) is 4.74 Å². The minimum atomic E-state index is -0.645. The first kappa shape index (κ1) is 22.3. The minimum Gasteiger partial charge on any atom is -0.484 e. The first-order valence-corrected chi connectivity index (χ1v) is 10.9. The van der Waals surface area contributed by atoms with Crippen LogP contribution in [0.2, 0.25) is 0 Å². The summed E-state index contributed by atoms with van der Waals surface area (Å²) in [6.45, 7) is 1.78. The van der Waals surface area contributed by atoms with Gasteiger partial charge in [-0.25, -0.2) is 4.39 Å². The normalized spacial score (nSPS) is 14.9. The monoisotopic (exact) mass is 476 g/mol. The molecular formula is C23H26BrFN2O3. The number of hydrogen-bond donors (Lipinski definition) is 1. The van der Waals surface area contributed by atoms with Gasteiger partial charge in [0.15, 0.2) is 6.61 Å². The predicted molar refractivity (Wildman–Crippen MR) is 116 cm³/mol. The fourth-order valence-electron chi connectivity index (χ4n) is 3.57. The molecule has 7 heteroatoms. The Morgan fingerprint density at radius 1 is 1.20 bits per heavy atom. The number of carbonyl (C=O) groups excluding carboxylic acids is 2. The Bertz CT molecular complexity index is 869. The van der Waals surface area contributed by atoms with Crippen molar-refractivity contribution < 1.29 is 18.7 Å². The molecule has 1 fully saturated rings. The number of rotatable bonds is 8. The largest absolute Gasteiger partial charge is 0.484 e. The fourth-order valence-corrected chi connectivity index (χ4v) is 4.01. The number of nitrogens with one attached hydrogen (secondary N) is 1. The zero-order chi connectivity index (χ0) is 21.5. The SMILES string of the molecule is C[C@H](C(=O)NC1CCCC1)N(Cc1cccc(Br)c1)C(=O)COc1ccc(F)cc1. The molecule has 1 N–H and O–H groups in total. The Morgan fingerprint density at radius 3 is 2.57 bits per heavy atom. The molecule has 5 nitrogen and oxygen atoms in total. The number of nitrogens with zero attached hydrogens (tertiary/aromatic N) is 1. The van der Waals surface area contributed by atoms with Crippen molar-refractivity contribution in [2.24, 2.45) is 0 Å². The van der Waals surface area contributed by atoms with Crippen molar-refractivity contribution in [3.63, 3.8) is 0 Å². The Kier molecular flexibility index (Phi) is 7.85. The fraction of sp³-hybridized carbons (Fsp3) is 0.391. The van der Waals surface area contributed by atoms with E-state index < -0.39 is 6.04 Å². The maximum Gasteiger partial charge on any atom is 0.261 e. The molecule has 160 valence electrons. The lowest BCUT2D eigenvalue weighted by Crippen LogP contribution is -2.50. The van der Waals surface area contributed by atoms with Crippen molar-refractivity contribution in [2.45, 2.75) is 51.2 Å². The molecule has 2 amide bonds. The molecule has 30 heavy (non-hydrogen) atoms. The van der Waals surface area contributed by atoms with Crippen molar-refractivity contribution in [3.8, 4) is 5.75 Å². The van der Waals surface area contributed by atoms with E-state index >= 15 is 0 Å². The Morgan fingerprint density at radius 2 is 1.90 bits per heavy atom. The van der Waals surface area contributed by atoms with Crippen LogP contribution in [-0.2, 0) is 16.1 Å². The predicted octanol–water partition coefficient (Wildman–Crippen LogP) is 4.44. The third-order valence-electron chi connectivity index (χ3n) is 5.29. The first-order valence-electron chi connectivity index (χ1n) is 10.1. The highest BCUT2D eigenvalue weighted by molar-refractivity contribution is 9.10. The number of amides is 2. The van der Waals surface area contributed by atoms with E-state index in [0.717, 1.165) is 35.7 Å². The van der Waals surface area contributed by atoms with Gasteiger partial charge in [0.1, 0.15) is 17.6 Å². The third-order valence-corrected chi connectivity index (χ3v) is 5.78. The molecule has 1 saturated carbocycles. The van der Waals surface area contributed by atoms with Gasteiger partial charge in [0.25, 0.3) is 5.91 Å². The Balaban J connectivity index is 1.70. The second-order valence-corrected chi connectivity index (χ2v) is 8.48. The molecule has 0 saturated heterocycles. The van der Waals surface area contributed by atoms with Crippen LogP contribution in [0.25, 0.3) is 0 Å². The van der Waals surface area contributed by atoms with Crippen LogP contribution in [-0.4, -0.2) is 35.4 Å². The van der Waals surface area contributed by atoms with E-state index in [9.17, 15) is 14.0 Å². The summed E-state index contributed by atoms with van der Waals surface area (Å²) in [6, 6.07) is 12.6. The molecule has 1 aliphatic carbocycles. The average Bonchev–Trinajstić information content (AvgIpc) is 3.24. The van der Waals surface area contributed by atoms with Crippen LogP contribution in [0.15, 0.2) is 53.0 Å². The third kappa shape index (κ3) is 6.29. The van der Waals surface area contributed by atoms with Crippen LogP contribution >= 0.6 is 15.9 Å². The van der Waals surface area contributed by atoms with Gasteiger partial charge < -0.3 is 15.0 Å². The topological polar surface area (TPSA) is 58.6 Å². The van der Waals surface area contributed by atoms with Crippen LogP contribution in [0.3, 0.4) is 0 Å². The summed E-state index contributed by atoms with van der Waals surface area (Å²) < 4.78 is 19.5. The highest BCUT2D eigenvalue weighted by Crippen LogP contribution is 2.19. The van der Waals surface area contributed by atoms with Gasteiger partial charge in [-0.2, -0.15) is 0 Å². The van der Waals surface area contributed by atoms with Gasteiger partial charge in [0.05, 0.1) is 0 Å². The molecule has 0 unspecified atom stereocenters. The molecule has 0 aromatic heterocycles. The summed E-state index contributed by atoms with van der Waals surface area (Å²) in [4.78, 5) is 27.3. The molecule has 2 aromatic rings. The summed E-state index contributed by atoms with van der Waals surface area (Å²) in [5.41, 5.74) is 0.903. The standard InChI is InChI=1S/C23H26BrFN2O3/c1-16(23(29)26-20-7-2-3-8-20)27(14-17-5-4-6-18(24)13-17)22(28)15-30-21-11-9-19(25)10-12-21/h4-6,9-13,16,20H,2-3,7-8,14-15H2,1H3,(H,26,29)/t16-/m1/s1. The lowest BCUT2D eigenvalue weighted by molar-refractivity contribution is -0.142. The van der Waals surface area contributed by atoms with Gasteiger partial charge in [-0.1, -0.05) is 40.9 Å². The summed E-state index contributed by atoms with van der Waals surface area (Å²) >= 11 is 3.44. The minimum absolute atomic E-state index is 0.160. The molecule has 1 atom stereocenters. The van der Waals surface area contributed by atoms with Crippen molar-refractivity contribution in [1.82, 2.24) is 10.2 Å². The summed E-state index contributed by atoms with van der Waals surface area (Å²) in [5.74, 6) is -0.446. The Hall–Kier alpha value is -2.41. The number of hydrogen-bond acceptors (Lipinski definition) is 3. The van der Waals surface area contributed by atoms with E-state index in [1.165, 1.54) is 29.2 Å². The smallest absolute Gasteiger partial charge is 0.261 e. The Labute approximate surface area is 184 Å². The summed E-state index contributed by atoms with van der Waals surface area (Å²) in [6.07, 6.45) is 4.19. The van der Waals surface area contributed by atoms with Crippen LogP contribution < -0.4 is 10.1 Å². The van der Waals surface area contributed by atoms with Gasteiger partial charge in [0, 0.05) is 17.1 Å². The van der Waals surface area contributed by atoms with E-state index in [2.05, 4.69) is 21.2 Å². The van der Waals surface area contributed by atoms with Crippen LogP contribution in [0, 0.1) is 5.82 Å². The number of ether oxygens (including phenoxy) is 1. The summed E-state index contributed by atoms with van der Waals surface area (Å²) in [7, 11) is 0. The first-order chi connectivity index (χ1) is 14.4. The van der Waals surface area contributed by atoms with E-state index in [-0.39, 0.29) is 36.8 Å². The van der Waals surface area contributed by atoms with Crippen molar-refractivity contribution in [1.29, 1.82) is 0 Å². The summed E-state index contributed by atoms with van der Waals surface area (Å²) in [5, 5.41) is 3.07. The molecule has 1 aliphatic rings. The molecule has 0 heterocycles. The molecule has 0 radical (unpaired) electrons. The van der Waals surface area contributed by atoms with E-state index in [0.29, 0.717) is 5.75 Å². The van der Waals surface area contributed by atoms with Gasteiger partial charge in [-0.15, -0.1) is 0 Å². The molecule has 3 rings (SSSR count). The van der Waals surface area contributed by atoms with Crippen LogP contribution in [0.5, 0.6) is 5.75 Å². The number of halogens is 2. The maximum atomic E-state index is 13.1. The number of carbonyl (C=O) groups is 2. The highest BCUT2D eigenvalue weighted by Gasteiger charge is 2.28. The van der Waals surface area contributed by atoms with Crippen LogP contribution in [0.1, 0.15) is 38.2 Å².